The number of hydrogen-bond donors (Lipinski definition) is 1. The van der Waals surface area contributed by atoms with Gasteiger partial charge in [-0.25, -0.2) is 9.78 Å². The fourth-order valence-electron chi connectivity index (χ4n) is 2.01. The molecule has 0 amide bonds. The molecule has 2 N–H and O–H groups in total. The largest absolute Gasteiger partial charge is 0.465 e. The summed E-state index contributed by atoms with van der Waals surface area (Å²) >= 11 is 6.15. The first-order chi connectivity index (χ1) is 10.0. The third-order valence-corrected chi connectivity index (χ3v) is 3.47. The lowest BCUT2D eigenvalue weighted by Crippen LogP contribution is -2.21. The number of nitrogens with two attached hydrogens (primary N) is 1. The van der Waals surface area contributed by atoms with Crippen LogP contribution in [0.15, 0.2) is 36.5 Å². The molecule has 0 radical (unpaired) electrons. The number of nitrogens with zero attached hydrogens (tertiary/aromatic N) is 2. The average molecular weight is 306 g/mol. The van der Waals surface area contributed by atoms with Gasteiger partial charge >= 0.3 is 5.97 Å². The Bertz CT molecular complexity index is 661. The molecule has 0 unspecified atom stereocenters. The molecule has 2 rings (SSSR count). The first kappa shape index (κ1) is 15.1. The van der Waals surface area contributed by atoms with E-state index >= 15 is 0 Å². The molecule has 5 nitrogen and oxygen atoms in total. The van der Waals surface area contributed by atoms with E-state index in [0.29, 0.717) is 28.6 Å². The van der Waals surface area contributed by atoms with Crippen molar-refractivity contribution in [2.45, 2.75) is 6.54 Å². The number of esters is 1. The number of nitrogen functional groups attached to an aromatic ring is 1. The zero-order valence-electron chi connectivity index (χ0n) is 11.8. The fourth-order valence-corrected chi connectivity index (χ4v) is 2.21. The maximum Gasteiger partial charge on any atom is 0.340 e. The molecule has 0 spiro atoms. The number of carbonyl (C=O) groups is 1. The minimum Gasteiger partial charge on any atom is -0.465 e. The van der Waals surface area contributed by atoms with E-state index in [9.17, 15) is 4.79 Å². The maximum absolute atomic E-state index is 11.7. The van der Waals surface area contributed by atoms with Gasteiger partial charge in [-0.1, -0.05) is 29.8 Å². The predicted octanol–water partition coefficient (Wildman–Crippen LogP) is 2.74. The van der Waals surface area contributed by atoms with Crippen molar-refractivity contribution in [2.75, 3.05) is 24.8 Å². The Balaban J connectivity index is 2.30. The highest BCUT2D eigenvalue weighted by Gasteiger charge is 2.16. The van der Waals surface area contributed by atoms with E-state index in [1.54, 1.807) is 0 Å². The second-order valence-electron chi connectivity index (χ2n) is 4.53. The highest BCUT2D eigenvalue weighted by atomic mass is 35.5. The van der Waals surface area contributed by atoms with Crippen molar-refractivity contribution in [1.82, 2.24) is 4.98 Å². The first-order valence-corrected chi connectivity index (χ1v) is 6.69. The number of carbonyl (C=O) groups excluding carboxylic acids is 1. The number of aromatic nitrogens is 1. The van der Waals surface area contributed by atoms with Gasteiger partial charge in [0.1, 0.15) is 0 Å². The van der Waals surface area contributed by atoms with Crippen LogP contribution >= 0.6 is 11.6 Å². The Kier molecular flexibility index (Phi) is 4.65. The topological polar surface area (TPSA) is 68.5 Å². The van der Waals surface area contributed by atoms with Crippen LogP contribution in [0.25, 0.3) is 0 Å². The third kappa shape index (κ3) is 3.25. The molecule has 1 heterocycles. The molecule has 1 aromatic carbocycles. The van der Waals surface area contributed by atoms with E-state index in [4.69, 9.17) is 22.1 Å². The third-order valence-electron chi connectivity index (χ3n) is 3.10. The second-order valence-corrected chi connectivity index (χ2v) is 4.94. The van der Waals surface area contributed by atoms with Crippen LogP contribution in [0.4, 0.5) is 11.5 Å². The monoisotopic (exact) mass is 305 g/mol. The maximum atomic E-state index is 11.7. The molecule has 110 valence electrons. The minimum absolute atomic E-state index is 0.291. The predicted molar refractivity (Wildman–Crippen MR) is 83.5 cm³/mol. The normalized spacial score (nSPS) is 10.2. The van der Waals surface area contributed by atoms with E-state index in [-0.39, 0.29) is 0 Å². The summed E-state index contributed by atoms with van der Waals surface area (Å²) in [6.07, 6.45) is 1.53. The molecule has 0 saturated heterocycles. The van der Waals surface area contributed by atoms with Gasteiger partial charge in [-0.05, 0) is 17.7 Å². The lowest BCUT2D eigenvalue weighted by molar-refractivity contribution is 0.0602. The van der Waals surface area contributed by atoms with Gasteiger partial charge in [0.2, 0.25) is 0 Å². The van der Waals surface area contributed by atoms with Crippen LogP contribution in [0.3, 0.4) is 0 Å². The molecule has 0 saturated carbocycles. The van der Waals surface area contributed by atoms with E-state index in [1.807, 2.05) is 36.2 Å². The minimum atomic E-state index is -0.484. The Morgan fingerprint density at radius 1 is 1.38 bits per heavy atom. The van der Waals surface area contributed by atoms with Crippen LogP contribution in [-0.2, 0) is 11.3 Å². The van der Waals surface area contributed by atoms with Crippen molar-refractivity contribution in [2.24, 2.45) is 0 Å². The number of halogens is 1. The van der Waals surface area contributed by atoms with Crippen LogP contribution in [0.1, 0.15) is 15.9 Å². The molecule has 0 bridgehead atoms. The fraction of sp³-hybridized carbons (Fsp3) is 0.200. The summed E-state index contributed by atoms with van der Waals surface area (Å²) in [7, 11) is 3.15. The van der Waals surface area contributed by atoms with Gasteiger partial charge in [-0.3, -0.25) is 0 Å². The number of ether oxygens (including phenoxy) is 1. The van der Waals surface area contributed by atoms with Gasteiger partial charge in [0, 0.05) is 24.8 Å². The lowest BCUT2D eigenvalue weighted by atomic mass is 10.2. The van der Waals surface area contributed by atoms with Crippen molar-refractivity contribution in [3.8, 4) is 0 Å². The molecule has 0 aliphatic heterocycles. The second kappa shape index (κ2) is 6.45. The van der Waals surface area contributed by atoms with E-state index in [1.165, 1.54) is 19.4 Å². The van der Waals surface area contributed by atoms with Crippen molar-refractivity contribution >= 4 is 29.1 Å². The highest BCUT2D eigenvalue weighted by Crippen LogP contribution is 2.26. The average Bonchev–Trinajstić information content (AvgIpc) is 2.49. The van der Waals surface area contributed by atoms with Gasteiger partial charge in [0.05, 0.1) is 18.4 Å². The molecule has 0 atom stereocenters. The number of hydrogen-bond acceptors (Lipinski definition) is 5. The van der Waals surface area contributed by atoms with Crippen LogP contribution in [0, 0.1) is 0 Å². The molecule has 0 fully saturated rings. The Hall–Kier alpha value is -2.27. The summed E-state index contributed by atoms with van der Waals surface area (Å²) in [4.78, 5) is 17.7. The number of pyridine rings is 1. The van der Waals surface area contributed by atoms with Crippen LogP contribution in [-0.4, -0.2) is 25.1 Å². The summed E-state index contributed by atoms with van der Waals surface area (Å²) in [5.74, 6) is 0.0279. The molecule has 21 heavy (non-hydrogen) atoms. The smallest absolute Gasteiger partial charge is 0.340 e. The number of methoxy groups -OCH3 is 1. The molecular weight excluding hydrogens is 290 g/mol. The number of anilines is 2. The zero-order valence-corrected chi connectivity index (χ0v) is 12.6. The molecule has 0 aliphatic rings. The van der Waals surface area contributed by atoms with Gasteiger partial charge in [-0.15, -0.1) is 0 Å². The standard InChI is InChI=1S/C15H16ClN3O2/c1-19(9-10-5-3-4-6-12(10)16)14-13(17)11(7-8-18-14)15(20)21-2/h3-8H,9,17H2,1-2H3. The number of benzene rings is 1. The van der Waals surface area contributed by atoms with Crippen molar-refractivity contribution in [3.63, 3.8) is 0 Å². The van der Waals surface area contributed by atoms with Crippen molar-refractivity contribution < 1.29 is 9.53 Å². The zero-order chi connectivity index (χ0) is 15.4. The van der Waals surface area contributed by atoms with Crippen molar-refractivity contribution in [3.05, 3.63) is 52.7 Å². The van der Waals surface area contributed by atoms with Gasteiger partial charge < -0.3 is 15.4 Å². The molecule has 6 heteroatoms. The molecule has 0 aliphatic carbocycles. The van der Waals surface area contributed by atoms with Crippen LogP contribution < -0.4 is 10.6 Å². The molecule has 1 aromatic heterocycles. The van der Waals surface area contributed by atoms with Gasteiger partial charge in [0.25, 0.3) is 0 Å². The molecular formula is C15H16ClN3O2. The Morgan fingerprint density at radius 2 is 2.10 bits per heavy atom. The summed E-state index contributed by atoms with van der Waals surface area (Å²) in [5, 5.41) is 0.673. The lowest BCUT2D eigenvalue weighted by Gasteiger charge is -2.21. The molecule has 2 aromatic rings. The van der Waals surface area contributed by atoms with E-state index in [0.717, 1.165) is 5.56 Å². The van der Waals surface area contributed by atoms with E-state index < -0.39 is 5.97 Å². The summed E-state index contributed by atoms with van der Waals surface area (Å²) in [6.45, 7) is 0.529. The van der Waals surface area contributed by atoms with Gasteiger partial charge in [0.15, 0.2) is 5.82 Å². The SMILES string of the molecule is COC(=O)c1ccnc(N(C)Cc2ccccc2Cl)c1N. The van der Waals surface area contributed by atoms with E-state index in [2.05, 4.69) is 4.98 Å². The van der Waals surface area contributed by atoms with Gasteiger partial charge in [-0.2, -0.15) is 0 Å². The Morgan fingerprint density at radius 3 is 2.76 bits per heavy atom. The summed E-state index contributed by atoms with van der Waals surface area (Å²) in [5.41, 5.74) is 7.55. The quantitative estimate of drug-likeness (QED) is 0.880. The van der Waals surface area contributed by atoms with Crippen LogP contribution in [0.2, 0.25) is 5.02 Å². The Labute approximate surface area is 128 Å². The first-order valence-electron chi connectivity index (χ1n) is 6.32. The summed E-state index contributed by atoms with van der Waals surface area (Å²) in [6, 6.07) is 9.08. The summed E-state index contributed by atoms with van der Waals surface area (Å²) < 4.78 is 4.70. The highest BCUT2D eigenvalue weighted by molar-refractivity contribution is 6.31. The van der Waals surface area contributed by atoms with Crippen LogP contribution in [0.5, 0.6) is 0 Å². The van der Waals surface area contributed by atoms with Crippen molar-refractivity contribution in [1.29, 1.82) is 0 Å². The number of rotatable bonds is 4.